The Morgan fingerprint density at radius 2 is 1.87 bits per heavy atom. The molecule has 1 aromatic heterocycles. The van der Waals surface area contributed by atoms with Crippen LogP contribution in [-0.4, -0.2) is 43.1 Å². The molecule has 4 nitrogen and oxygen atoms in total. The zero-order chi connectivity index (χ0) is 16.1. The third-order valence-electron chi connectivity index (χ3n) is 4.70. The Kier molecular flexibility index (Phi) is 5.26. The van der Waals surface area contributed by atoms with Crippen molar-refractivity contribution >= 4 is 11.5 Å². The summed E-state index contributed by atoms with van der Waals surface area (Å²) in [5.41, 5.74) is 2.44. The maximum Gasteiger partial charge on any atom is 0.132 e. The molecule has 122 valence electrons. The van der Waals surface area contributed by atoms with Crippen molar-refractivity contribution in [1.82, 2.24) is 15.2 Å². The number of aromatic nitrogens is 1. The number of hydrogen-bond acceptors (Lipinski definition) is 4. The molecule has 1 aromatic carbocycles. The molecule has 1 aliphatic rings. The predicted octanol–water partition coefficient (Wildman–Crippen LogP) is 3.03. The quantitative estimate of drug-likeness (QED) is 0.920. The number of pyridine rings is 1. The average Bonchev–Trinajstić information content (AvgIpc) is 2.63. The molecule has 1 aliphatic heterocycles. The summed E-state index contributed by atoms with van der Waals surface area (Å²) in [7, 11) is 4.12. The van der Waals surface area contributed by atoms with Gasteiger partial charge in [0.2, 0.25) is 0 Å². The maximum absolute atomic E-state index is 4.64. The van der Waals surface area contributed by atoms with Crippen LogP contribution in [0.2, 0.25) is 0 Å². The van der Waals surface area contributed by atoms with Crippen molar-refractivity contribution in [2.75, 3.05) is 32.1 Å². The van der Waals surface area contributed by atoms with Crippen molar-refractivity contribution in [3.8, 4) is 0 Å². The van der Waals surface area contributed by atoms with E-state index in [1.807, 2.05) is 12.3 Å². The number of hydrogen-bond donors (Lipinski definition) is 1. The molecule has 1 saturated heterocycles. The first-order chi connectivity index (χ1) is 11.3. The Morgan fingerprint density at radius 1 is 1.13 bits per heavy atom. The minimum absolute atomic E-state index is 0.686. The van der Waals surface area contributed by atoms with E-state index < -0.39 is 0 Å². The Bertz CT molecular complexity index is 589. The summed E-state index contributed by atoms with van der Waals surface area (Å²) in [5, 5.41) is 3.38. The summed E-state index contributed by atoms with van der Waals surface area (Å²) in [5.74, 6) is 0.980. The van der Waals surface area contributed by atoms with E-state index in [9.17, 15) is 0 Å². The Hall–Kier alpha value is -1.91. The van der Waals surface area contributed by atoms with Gasteiger partial charge in [-0.15, -0.1) is 0 Å². The van der Waals surface area contributed by atoms with Crippen LogP contribution in [-0.2, 0) is 6.54 Å². The van der Waals surface area contributed by atoms with Crippen LogP contribution in [0.1, 0.15) is 18.4 Å². The monoisotopic (exact) mass is 310 g/mol. The number of benzene rings is 1. The van der Waals surface area contributed by atoms with Gasteiger partial charge < -0.3 is 10.2 Å². The summed E-state index contributed by atoms with van der Waals surface area (Å²) in [6.45, 7) is 3.33. The number of anilines is 2. The first-order valence-corrected chi connectivity index (χ1v) is 8.39. The van der Waals surface area contributed by atoms with Crippen LogP contribution in [0.25, 0.3) is 0 Å². The molecule has 2 aromatic rings. The topological polar surface area (TPSA) is 31.4 Å². The van der Waals surface area contributed by atoms with Crippen LogP contribution in [0.4, 0.5) is 11.5 Å². The third kappa shape index (κ3) is 4.09. The molecule has 1 fully saturated rings. The third-order valence-corrected chi connectivity index (χ3v) is 4.70. The Balaban J connectivity index is 1.59. The van der Waals surface area contributed by atoms with Crippen LogP contribution in [0.15, 0.2) is 48.7 Å². The molecule has 0 amide bonds. The van der Waals surface area contributed by atoms with E-state index in [2.05, 4.69) is 70.6 Å². The summed E-state index contributed by atoms with van der Waals surface area (Å²) < 4.78 is 0. The summed E-state index contributed by atoms with van der Waals surface area (Å²) in [6, 6.07) is 15.3. The number of likely N-dealkylation sites (tertiary alicyclic amines) is 1. The molecule has 4 heteroatoms. The highest BCUT2D eigenvalue weighted by atomic mass is 15.2. The second kappa shape index (κ2) is 7.57. The molecule has 0 radical (unpaired) electrons. The van der Waals surface area contributed by atoms with Crippen LogP contribution < -0.4 is 10.2 Å². The van der Waals surface area contributed by atoms with Crippen molar-refractivity contribution in [2.45, 2.75) is 25.4 Å². The fraction of sp³-hybridized carbons (Fsp3) is 0.421. The number of nitrogens with one attached hydrogen (secondary N) is 1. The maximum atomic E-state index is 4.64. The largest absolute Gasteiger partial charge is 0.329 e. The fourth-order valence-electron chi connectivity index (χ4n) is 3.13. The molecule has 0 aliphatic carbocycles. The zero-order valence-corrected chi connectivity index (χ0v) is 14.1. The normalized spacial score (nSPS) is 16.4. The lowest BCUT2D eigenvalue weighted by atomic mass is 10.0. The standard InChI is InChI=1S/C19H26N4/c1-20-17-10-12-23(13-11-17)15-16-8-9-19(21-14-16)22(2)18-6-4-3-5-7-18/h3-9,14,17,20H,10-13,15H2,1-2H3. The Labute approximate surface area is 139 Å². The minimum Gasteiger partial charge on any atom is -0.329 e. The second-order valence-electron chi connectivity index (χ2n) is 6.26. The van der Waals surface area contributed by atoms with E-state index in [0.717, 1.165) is 31.1 Å². The van der Waals surface area contributed by atoms with Crippen LogP contribution in [0.5, 0.6) is 0 Å². The van der Waals surface area contributed by atoms with Crippen LogP contribution in [0, 0.1) is 0 Å². The predicted molar refractivity (Wildman–Crippen MR) is 96.1 cm³/mol. The zero-order valence-electron chi connectivity index (χ0n) is 14.1. The van der Waals surface area contributed by atoms with Crippen molar-refractivity contribution in [3.63, 3.8) is 0 Å². The molecule has 0 spiro atoms. The highest BCUT2D eigenvalue weighted by molar-refractivity contribution is 5.58. The number of para-hydroxylation sites is 1. The van der Waals surface area contributed by atoms with Gasteiger partial charge in [-0.2, -0.15) is 0 Å². The fourth-order valence-corrected chi connectivity index (χ4v) is 3.13. The molecular formula is C19H26N4. The van der Waals surface area contributed by atoms with Gasteiger partial charge in [0.15, 0.2) is 0 Å². The molecule has 1 N–H and O–H groups in total. The molecule has 0 atom stereocenters. The number of rotatable bonds is 5. The van der Waals surface area contributed by atoms with Gasteiger partial charge in [0, 0.05) is 31.5 Å². The van der Waals surface area contributed by atoms with Crippen molar-refractivity contribution in [3.05, 3.63) is 54.2 Å². The Morgan fingerprint density at radius 3 is 2.48 bits per heavy atom. The van der Waals surface area contributed by atoms with E-state index in [4.69, 9.17) is 0 Å². The minimum atomic E-state index is 0.686. The molecule has 0 unspecified atom stereocenters. The second-order valence-corrected chi connectivity index (χ2v) is 6.26. The van der Waals surface area contributed by atoms with Crippen molar-refractivity contribution < 1.29 is 0 Å². The lowest BCUT2D eigenvalue weighted by Gasteiger charge is -2.31. The summed E-state index contributed by atoms with van der Waals surface area (Å²) >= 11 is 0. The van der Waals surface area contributed by atoms with Crippen LogP contribution >= 0.6 is 0 Å². The smallest absolute Gasteiger partial charge is 0.132 e. The first-order valence-electron chi connectivity index (χ1n) is 8.39. The van der Waals surface area contributed by atoms with E-state index >= 15 is 0 Å². The van der Waals surface area contributed by atoms with Gasteiger partial charge in [0.25, 0.3) is 0 Å². The average molecular weight is 310 g/mol. The SMILES string of the molecule is CNC1CCN(Cc2ccc(N(C)c3ccccc3)nc2)CC1. The highest BCUT2D eigenvalue weighted by Gasteiger charge is 2.17. The molecular weight excluding hydrogens is 284 g/mol. The van der Waals surface area contributed by atoms with Crippen molar-refractivity contribution in [2.24, 2.45) is 0 Å². The molecule has 2 heterocycles. The van der Waals surface area contributed by atoms with Gasteiger partial charge in [-0.25, -0.2) is 4.98 Å². The van der Waals surface area contributed by atoms with Gasteiger partial charge in [-0.3, -0.25) is 4.90 Å². The molecule has 23 heavy (non-hydrogen) atoms. The molecule has 3 rings (SSSR count). The lowest BCUT2D eigenvalue weighted by molar-refractivity contribution is 0.194. The van der Waals surface area contributed by atoms with Gasteiger partial charge in [-0.05, 0) is 56.7 Å². The van der Waals surface area contributed by atoms with Gasteiger partial charge in [-0.1, -0.05) is 24.3 Å². The number of nitrogens with zero attached hydrogens (tertiary/aromatic N) is 3. The number of piperidine rings is 1. The van der Waals surface area contributed by atoms with E-state index in [1.54, 1.807) is 0 Å². The van der Waals surface area contributed by atoms with Crippen LogP contribution in [0.3, 0.4) is 0 Å². The van der Waals surface area contributed by atoms with Gasteiger partial charge in [0.1, 0.15) is 5.82 Å². The van der Waals surface area contributed by atoms with E-state index in [1.165, 1.54) is 18.4 Å². The van der Waals surface area contributed by atoms with E-state index in [-0.39, 0.29) is 0 Å². The first kappa shape index (κ1) is 16.0. The van der Waals surface area contributed by atoms with Gasteiger partial charge >= 0.3 is 0 Å². The summed E-state index contributed by atoms with van der Waals surface area (Å²) in [6.07, 6.45) is 4.48. The highest BCUT2D eigenvalue weighted by Crippen LogP contribution is 2.21. The van der Waals surface area contributed by atoms with Crippen molar-refractivity contribution in [1.29, 1.82) is 0 Å². The van der Waals surface area contributed by atoms with E-state index in [0.29, 0.717) is 6.04 Å². The molecule has 0 bridgehead atoms. The lowest BCUT2D eigenvalue weighted by Crippen LogP contribution is -2.40. The van der Waals surface area contributed by atoms with Gasteiger partial charge in [0.05, 0.1) is 0 Å². The molecule has 0 saturated carbocycles. The summed E-state index contributed by atoms with van der Waals surface area (Å²) in [4.78, 5) is 9.27.